The Morgan fingerprint density at radius 1 is 1.16 bits per heavy atom. The summed E-state index contributed by atoms with van der Waals surface area (Å²) in [4.78, 5) is 3.32. The number of aromatic nitrogens is 2. The third-order valence-corrected chi connectivity index (χ3v) is 3.87. The van der Waals surface area contributed by atoms with Crippen molar-refractivity contribution in [2.75, 3.05) is 24.2 Å². The van der Waals surface area contributed by atoms with Crippen LogP contribution in [-0.2, 0) is 0 Å². The van der Waals surface area contributed by atoms with Gasteiger partial charge in [0.05, 0.1) is 0 Å². The molecule has 4 nitrogen and oxygen atoms in total. The molecule has 0 atom stereocenters. The summed E-state index contributed by atoms with van der Waals surface area (Å²) in [5, 5.41) is 7.82. The van der Waals surface area contributed by atoms with Gasteiger partial charge in [0.1, 0.15) is 0 Å². The number of aryl methyl sites for hydroxylation is 2. The van der Waals surface area contributed by atoms with Gasteiger partial charge in [-0.2, -0.15) is 0 Å². The molecule has 0 N–H and O–H groups in total. The Bertz CT molecular complexity index is 510. The van der Waals surface area contributed by atoms with Crippen molar-refractivity contribution < 1.29 is 4.42 Å². The number of hydrogen-bond acceptors (Lipinski definition) is 5. The standard InChI is InChI=1S/C14H19N3OS/c1-11-5-7-13(8-6-11)19-10-4-9-17(3)14-16-15-12(2)18-14/h5-8H,4,9-10H2,1-3H3. The van der Waals surface area contributed by atoms with Gasteiger partial charge in [-0.1, -0.05) is 22.8 Å². The Balaban J connectivity index is 1.70. The third-order valence-electron chi connectivity index (χ3n) is 2.77. The lowest BCUT2D eigenvalue weighted by Gasteiger charge is -2.13. The first-order chi connectivity index (χ1) is 9.15. The molecule has 0 bridgehead atoms. The number of nitrogens with zero attached hydrogens (tertiary/aromatic N) is 3. The van der Waals surface area contributed by atoms with Crippen molar-refractivity contribution in [1.82, 2.24) is 10.2 Å². The fourth-order valence-corrected chi connectivity index (χ4v) is 2.50. The molecular weight excluding hydrogens is 258 g/mol. The van der Waals surface area contributed by atoms with Crippen molar-refractivity contribution in [3.8, 4) is 0 Å². The summed E-state index contributed by atoms with van der Waals surface area (Å²) < 4.78 is 5.37. The number of anilines is 1. The van der Waals surface area contributed by atoms with Crippen LogP contribution >= 0.6 is 11.8 Å². The summed E-state index contributed by atoms with van der Waals surface area (Å²) in [6, 6.07) is 9.24. The van der Waals surface area contributed by atoms with Crippen LogP contribution in [0.5, 0.6) is 0 Å². The summed E-state index contributed by atoms with van der Waals surface area (Å²) in [6.07, 6.45) is 1.08. The van der Waals surface area contributed by atoms with Crippen LogP contribution in [0.3, 0.4) is 0 Å². The molecule has 0 spiro atoms. The lowest BCUT2D eigenvalue weighted by atomic mass is 10.2. The zero-order valence-corrected chi connectivity index (χ0v) is 12.4. The second kappa shape index (κ2) is 6.61. The summed E-state index contributed by atoms with van der Waals surface area (Å²) in [5.41, 5.74) is 1.30. The average Bonchev–Trinajstić information content (AvgIpc) is 2.83. The normalized spacial score (nSPS) is 10.7. The molecule has 0 aliphatic carbocycles. The van der Waals surface area contributed by atoms with Gasteiger partial charge in [-0.15, -0.1) is 16.9 Å². The van der Waals surface area contributed by atoms with Crippen LogP contribution in [-0.4, -0.2) is 29.5 Å². The number of benzene rings is 1. The molecule has 0 saturated heterocycles. The SMILES string of the molecule is Cc1ccc(SCCCN(C)c2nnc(C)o2)cc1. The molecule has 102 valence electrons. The molecule has 0 unspecified atom stereocenters. The predicted molar refractivity (Wildman–Crippen MR) is 78.8 cm³/mol. The van der Waals surface area contributed by atoms with E-state index in [-0.39, 0.29) is 0 Å². The van der Waals surface area contributed by atoms with E-state index < -0.39 is 0 Å². The van der Waals surface area contributed by atoms with E-state index in [1.165, 1.54) is 10.5 Å². The largest absolute Gasteiger partial charge is 0.408 e. The highest BCUT2D eigenvalue weighted by Gasteiger charge is 2.07. The lowest BCUT2D eigenvalue weighted by molar-refractivity contribution is 0.511. The van der Waals surface area contributed by atoms with Crippen LogP contribution in [0.25, 0.3) is 0 Å². The lowest BCUT2D eigenvalue weighted by Crippen LogP contribution is -2.19. The van der Waals surface area contributed by atoms with E-state index in [0.29, 0.717) is 11.9 Å². The average molecular weight is 277 g/mol. The van der Waals surface area contributed by atoms with Crippen LogP contribution in [0.15, 0.2) is 33.6 Å². The molecule has 0 fully saturated rings. The van der Waals surface area contributed by atoms with Crippen molar-refractivity contribution in [2.45, 2.75) is 25.2 Å². The molecule has 0 aliphatic rings. The van der Waals surface area contributed by atoms with E-state index >= 15 is 0 Å². The monoisotopic (exact) mass is 277 g/mol. The van der Waals surface area contributed by atoms with Crippen LogP contribution in [0, 0.1) is 13.8 Å². The molecule has 1 aromatic carbocycles. The van der Waals surface area contributed by atoms with Gasteiger partial charge in [0.15, 0.2) is 0 Å². The zero-order valence-electron chi connectivity index (χ0n) is 11.6. The van der Waals surface area contributed by atoms with Gasteiger partial charge >= 0.3 is 6.01 Å². The van der Waals surface area contributed by atoms with Gasteiger partial charge in [-0.25, -0.2) is 0 Å². The summed E-state index contributed by atoms with van der Waals surface area (Å²) in [5.74, 6) is 1.69. The second-order valence-corrected chi connectivity index (χ2v) is 5.71. The van der Waals surface area contributed by atoms with Crippen LogP contribution in [0.1, 0.15) is 17.9 Å². The Hall–Kier alpha value is -1.49. The highest BCUT2D eigenvalue weighted by molar-refractivity contribution is 7.99. The number of rotatable bonds is 6. The van der Waals surface area contributed by atoms with Gasteiger partial charge in [0, 0.05) is 25.4 Å². The zero-order chi connectivity index (χ0) is 13.7. The fraction of sp³-hybridized carbons (Fsp3) is 0.429. The first kappa shape index (κ1) is 13.9. The summed E-state index contributed by atoms with van der Waals surface area (Å²) in [7, 11) is 1.98. The van der Waals surface area contributed by atoms with Gasteiger partial charge in [0.2, 0.25) is 5.89 Å². The highest BCUT2D eigenvalue weighted by Crippen LogP contribution is 2.19. The quantitative estimate of drug-likeness (QED) is 0.598. The van der Waals surface area contributed by atoms with E-state index in [1.807, 2.05) is 23.7 Å². The van der Waals surface area contributed by atoms with Gasteiger partial charge in [0.25, 0.3) is 0 Å². The highest BCUT2D eigenvalue weighted by atomic mass is 32.2. The van der Waals surface area contributed by atoms with E-state index in [1.54, 1.807) is 6.92 Å². The maximum Gasteiger partial charge on any atom is 0.317 e. The Morgan fingerprint density at radius 2 is 1.89 bits per heavy atom. The molecular formula is C14H19N3OS. The minimum Gasteiger partial charge on any atom is -0.408 e. The second-order valence-electron chi connectivity index (χ2n) is 4.54. The van der Waals surface area contributed by atoms with Crippen molar-refractivity contribution in [1.29, 1.82) is 0 Å². The third kappa shape index (κ3) is 4.28. The van der Waals surface area contributed by atoms with Gasteiger partial charge in [-0.05, 0) is 31.2 Å². The fourth-order valence-electron chi connectivity index (χ4n) is 1.66. The van der Waals surface area contributed by atoms with E-state index in [0.717, 1.165) is 18.7 Å². The summed E-state index contributed by atoms with van der Waals surface area (Å²) >= 11 is 1.88. The molecule has 0 radical (unpaired) electrons. The van der Waals surface area contributed by atoms with Crippen molar-refractivity contribution in [2.24, 2.45) is 0 Å². The van der Waals surface area contributed by atoms with Crippen molar-refractivity contribution in [3.05, 3.63) is 35.7 Å². The molecule has 0 amide bonds. The smallest absolute Gasteiger partial charge is 0.317 e. The number of thioether (sulfide) groups is 1. The molecule has 0 saturated carbocycles. The molecule has 2 rings (SSSR count). The first-order valence-corrected chi connectivity index (χ1v) is 7.34. The van der Waals surface area contributed by atoms with Crippen molar-refractivity contribution >= 4 is 17.8 Å². The van der Waals surface area contributed by atoms with Crippen LogP contribution in [0.2, 0.25) is 0 Å². The Morgan fingerprint density at radius 3 is 2.53 bits per heavy atom. The van der Waals surface area contributed by atoms with Crippen LogP contribution < -0.4 is 4.90 Å². The Labute approximate surface area is 118 Å². The maximum atomic E-state index is 5.37. The van der Waals surface area contributed by atoms with E-state index in [9.17, 15) is 0 Å². The molecule has 19 heavy (non-hydrogen) atoms. The topological polar surface area (TPSA) is 42.2 Å². The molecule has 5 heteroatoms. The maximum absolute atomic E-state index is 5.37. The van der Waals surface area contributed by atoms with E-state index in [2.05, 4.69) is 41.4 Å². The summed E-state index contributed by atoms with van der Waals surface area (Å²) in [6.45, 7) is 4.83. The minimum absolute atomic E-state index is 0.595. The molecule has 1 heterocycles. The van der Waals surface area contributed by atoms with E-state index in [4.69, 9.17) is 4.42 Å². The van der Waals surface area contributed by atoms with Crippen LogP contribution in [0.4, 0.5) is 6.01 Å². The molecule has 2 aromatic rings. The molecule has 1 aromatic heterocycles. The minimum atomic E-state index is 0.595. The number of hydrogen-bond donors (Lipinski definition) is 0. The Kier molecular flexibility index (Phi) is 4.85. The molecule has 0 aliphatic heterocycles. The van der Waals surface area contributed by atoms with Gasteiger partial charge < -0.3 is 9.32 Å². The first-order valence-electron chi connectivity index (χ1n) is 6.36. The predicted octanol–water partition coefficient (Wildman–Crippen LogP) is 3.31. The van der Waals surface area contributed by atoms with Crippen molar-refractivity contribution in [3.63, 3.8) is 0 Å². The van der Waals surface area contributed by atoms with Gasteiger partial charge in [-0.3, -0.25) is 0 Å².